The predicted octanol–water partition coefficient (Wildman–Crippen LogP) is 4.40. The molecule has 2 N–H and O–H groups in total. The smallest absolute Gasteiger partial charge is 0.115 e. The highest BCUT2D eigenvalue weighted by molar-refractivity contribution is 5.28. The van der Waals surface area contributed by atoms with Gasteiger partial charge in [-0.25, -0.2) is 0 Å². The number of rotatable bonds is 5. The van der Waals surface area contributed by atoms with Gasteiger partial charge in [-0.05, 0) is 55.7 Å². The van der Waals surface area contributed by atoms with Crippen molar-refractivity contribution in [3.05, 3.63) is 29.8 Å². The number of aromatic hydroxyl groups is 1. The summed E-state index contributed by atoms with van der Waals surface area (Å²) in [7, 11) is 0. The van der Waals surface area contributed by atoms with Gasteiger partial charge in [-0.3, -0.25) is 0 Å². The summed E-state index contributed by atoms with van der Waals surface area (Å²) in [6.07, 6.45) is 7.81. The van der Waals surface area contributed by atoms with Gasteiger partial charge < -0.3 is 10.4 Å². The standard InChI is InChI=1S/C17H27NO/c1-3-13-5-9-15(10-6-13)18-17(4-2)14-7-11-16(19)12-8-14/h7-8,11-13,15,17-19H,3-6,9-10H2,1-2H3. The third-order valence-electron chi connectivity index (χ3n) is 4.56. The molecule has 2 nitrogen and oxygen atoms in total. The van der Waals surface area contributed by atoms with Crippen molar-refractivity contribution in [1.29, 1.82) is 0 Å². The van der Waals surface area contributed by atoms with Crippen molar-refractivity contribution in [2.24, 2.45) is 5.92 Å². The molecule has 2 rings (SSSR count). The maximum Gasteiger partial charge on any atom is 0.115 e. The van der Waals surface area contributed by atoms with Crippen LogP contribution in [0.4, 0.5) is 0 Å². The first kappa shape index (κ1) is 14.4. The molecule has 1 atom stereocenters. The molecule has 0 bridgehead atoms. The highest BCUT2D eigenvalue weighted by Crippen LogP contribution is 2.29. The molecule has 0 aliphatic heterocycles. The molecule has 1 aliphatic rings. The molecule has 1 fully saturated rings. The Bertz CT molecular complexity index is 365. The lowest BCUT2D eigenvalue weighted by Crippen LogP contribution is -2.35. The first-order valence-corrected chi connectivity index (χ1v) is 7.77. The number of hydrogen-bond donors (Lipinski definition) is 2. The lowest BCUT2D eigenvalue weighted by atomic mass is 9.84. The molecule has 1 aliphatic carbocycles. The topological polar surface area (TPSA) is 32.3 Å². The molecule has 106 valence electrons. The minimum atomic E-state index is 0.349. The second-order valence-electron chi connectivity index (χ2n) is 5.84. The average molecular weight is 261 g/mol. The normalized spacial score (nSPS) is 25.2. The van der Waals surface area contributed by atoms with E-state index in [-0.39, 0.29) is 0 Å². The van der Waals surface area contributed by atoms with Crippen LogP contribution in [-0.4, -0.2) is 11.1 Å². The van der Waals surface area contributed by atoms with Gasteiger partial charge in [-0.15, -0.1) is 0 Å². The van der Waals surface area contributed by atoms with Crippen molar-refractivity contribution in [2.45, 2.75) is 64.5 Å². The Balaban J connectivity index is 1.91. The van der Waals surface area contributed by atoms with Crippen LogP contribution in [0.25, 0.3) is 0 Å². The SMILES string of the molecule is CCC1CCC(NC(CC)c2ccc(O)cc2)CC1. The Morgan fingerprint density at radius 1 is 1.11 bits per heavy atom. The minimum Gasteiger partial charge on any atom is -0.508 e. The number of phenols is 1. The van der Waals surface area contributed by atoms with Gasteiger partial charge in [-0.1, -0.05) is 32.4 Å². The van der Waals surface area contributed by atoms with Gasteiger partial charge in [0.25, 0.3) is 0 Å². The number of hydrogen-bond acceptors (Lipinski definition) is 2. The van der Waals surface area contributed by atoms with Gasteiger partial charge in [0.1, 0.15) is 5.75 Å². The van der Waals surface area contributed by atoms with Crippen LogP contribution in [0.5, 0.6) is 5.75 Å². The molecule has 0 saturated heterocycles. The fourth-order valence-corrected chi connectivity index (χ4v) is 3.18. The van der Waals surface area contributed by atoms with E-state index in [0.29, 0.717) is 17.8 Å². The van der Waals surface area contributed by atoms with Crippen LogP contribution in [0.3, 0.4) is 0 Å². The lowest BCUT2D eigenvalue weighted by Gasteiger charge is -2.31. The summed E-state index contributed by atoms with van der Waals surface area (Å²) >= 11 is 0. The Morgan fingerprint density at radius 3 is 2.26 bits per heavy atom. The van der Waals surface area contributed by atoms with Crippen molar-refractivity contribution in [2.75, 3.05) is 0 Å². The summed E-state index contributed by atoms with van der Waals surface area (Å²) in [5, 5.41) is 13.2. The largest absolute Gasteiger partial charge is 0.508 e. The number of nitrogens with one attached hydrogen (secondary N) is 1. The molecule has 1 unspecified atom stereocenters. The average Bonchev–Trinajstić information content (AvgIpc) is 2.46. The van der Waals surface area contributed by atoms with Gasteiger partial charge in [0, 0.05) is 12.1 Å². The zero-order valence-corrected chi connectivity index (χ0v) is 12.2. The van der Waals surface area contributed by atoms with E-state index in [4.69, 9.17) is 0 Å². The van der Waals surface area contributed by atoms with E-state index < -0.39 is 0 Å². The summed E-state index contributed by atoms with van der Waals surface area (Å²) in [6, 6.07) is 8.73. The molecule has 1 aromatic rings. The molecular formula is C17H27NO. The molecular weight excluding hydrogens is 234 g/mol. The second-order valence-corrected chi connectivity index (χ2v) is 5.84. The first-order chi connectivity index (χ1) is 9.22. The molecule has 0 aromatic heterocycles. The Morgan fingerprint density at radius 2 is 1.74 bits per heavy atom. The van der Waals surface area contributed by atoms with Crippen molar-refractivity contribution < 1.29 is 5.11 Å². The molecule has 0 amide bonds. The summed E-state index contributed by atoms with van der Waals surface area (Å²) in [5.74, 6) is 1.30. The van der Waals surface area contributed by atoms with Crippen LogP contribution in [0.2, 0.25) is 0 Å². The van der Waals surface area contributed by atoms with Crippen molar-refractivity contribution in [3.63, 3.8) is 0 Å². The van der Waals surface area contributed by atoms with Crippen LogP contribution >= 0.6 is 0 Å². The fourth-order valence-electron chi connectivity index (χ4n) is 3.18. The second kappa shape index (κ2) is 6.95. The van der Waals surface area contributed by atoms with Crippen LogP contribution in [0.15, 0.2) is 24.3 Å². The van der Waals surface area contributed by atoms with Gasteiger partial charge in [-0.2, -0.15) is 0 Å². The quantitative estimate of drug-likeness (QED) is 0.823. The van der Waals surface area contributed by atoms with Gasteiger partial charge >= 0.3 is 0 Å². The molecule has 0 spiro atoms. The number of benzene rings is 1. The van der Waals surface area contributed by atoms with Crippen LogP contribution in [-0.2, 0) is 0 Å². The summed E-state index contributed by atoms with van der Waals surface area (Å²) < 4.78 is 0. The monoisotopic (exact) mass is 261 g/mol. The predicted molar refractivity (Wildman–Crippen MR) is 80.3 cm³/mol. The van der Waals surface area contributed by atoms with E-state index in [1.165, 1.54) is 37.7 Å². The van der Waals surface area contributed by atoms with Crippen molar-refractivity contribution >= 4 is 0 Å². The summed E-state index contributed by atoms with van der Waals surface area (Å²) in [5.41, 5.74) is 1.29. The Hall–Kier alpha value is -1.02. The lowest BCUT2D eigenvalue weighted by molar-refractivity contribution is 0.267. The van der Waals surface area contributed by atoms with E-state index >= 15 is 0 Å². The molecule has 0 radical (unpaired) electrons. The maximum absolute atomic E-state index is 9.37. The Kier molecular flexibility index (Phi) is 5.26. The zero-order chi connectivity index (χ0) is 13.7. The van der Waals surface area contributed by atoms with E-state index in [1.54, 1.807) is 12.1 Å². The van der Waals surface area contributed by atoms with Crippen LogP contribution in [0, 0.1) is 5.92 Å². The molecule has 1 saturated carbocycles. The van der Waals surface area contributed by atoms with E-state index in [9.17, 15) is 5.11 Å². The zero-order valence-electron chi connectivity index (χ0n) is 12.2. The van der Waals surface area contributed by atoms with E-state index in [2.05, 4.69) is 19.2 Å². The summed E-state index contributed by atoms with van der Waals surface area (Å²) in [6.45, 7) is 4.53. The third kappa shape index (κ3) is 3.97. The number of phenolic OH excluding ortho intramolecular Hbond substituents is 1. The third-order valence-corrected chi connectivity index (χ3v) is 4.56. The van der Waals surface area contributed by atoms with Crippen LogP contribution < -0.4 is 5.32 Å². The fraction of sp³-hybridized carbons (Fsp3) is 0.647. The highest BCUT2D eigenvalue weighted by Gasteiger charge is 2.22. The molecule has 0 heterocycles. The van der Waals surface area contributed by atoms with E-state index in [1.807, 2.05) is 12.1 Å². The van der Waals surface area contributed by atoms with Gasteiger partial charge in [0.15, 0.2) is 0 Å². The molecule has 19 heavy (non-hydrogen) atoms. The molecule has 1 aromatic carbocycles. The van der Waals surface area contributed by atoms with Crippen molar-refractivity contribution in [1.82, 2.24) is 5.32 Å². The maximum atomic E-state index is 9.37. The highest BCUT2D eigenvalue weighted by atomic mass is 16.3. The molecule has 2 heteroatoms. The van der Waals surface area contributed by atoms with Crippen molar-refractivity contribution in [3.8, 4) is 5.75 Å². The Labute approximate surface area is 117 Å². The van der Waals surface area contributed by atoms with E-state index in [0.717, 1.165) is 12.3 Å². The van der Waals surface area contributed by atoms with Crippen LogP contribution in [0.1, 0.15) is 64.0 Å². The minimum absolute atomic E-state index is 0.349. The first-order valence-electron chi connectivity index (χ1n) is 7.77. The van der Waals surface area contributed by atoms with Gasteiger partial charge in [0.05, 0.1) is 0 Å². The van der Waals surface area contributed by atoms with Gasteiger partial charge in [0.2, 0.25) is 0 Å². The summed E-state index contributed by atoms with van der Waals surface area (Å²) in [4.78, 5) is 0.